The zero-order valence-electron chi connectivity index (χ0n) is 14.3. The minimum atomic E-state index is -2.85. The minimum absolute atomic E-state index is 0.170. The molecule has 6 nitrogen and oxygen atoms in total. The summed E-state index contributed by atoms with van der Waals surface area (Å²) >= 11 is 6.43. The number of nitrogens with zero attached hydrogens (tertiary/aromatic N) is 3. The van der Waals surface area contributed by atoms with Crippen LogP contribution < -0.4 is 10.6 Å². The van der Waals surface area contributed by atoms with Crippen LogP contribution in [-0.4, -0.2) is 39.1 Å². The van der Waals surface area contributed by atoms with Crippen molar-refractivity contribution in [3.05, 3.63) is 35.0 Å². The lowest BCUT2D eigenvalue weighted by molar-refractivity contribution is 0.497. The number of nitrogens with two attached hydrogens (primary N) is 1. The van der Waals surface area contributed by atoms with Gasteiger partial charge in [0.05, 0.1) is 16.2 Å². The van der Waals surface area contributed by atoms with E-state index in [0.29, 0.717) is 17.9 Å². The first kappa shape index (κ1) is 18.4. The molecular weight excluding hydrogens is 360 g/mol. The molecule has 0 aliphatic carbocycles. The van der Waals surface area contributed by atoms with Crippen molar-refractivity contribution in [2.45, 2.75) is 25.8 Å². The molecule has 1 aromatic carbocycles. The number of aromatic nitrogens is 1. The molecule has 3 rings (SSSR count). The van der Waals surface area contributed by atoms with Gasteiger partial charge in [-0.2, -0.15) is 4.40 Å². The molecule has 0 bridgehead atoms. The Morgan fingerprint density at radius 3 is 2.64 bits per heavy atom. The molecule has 0 saturated carbocycles. The first-order valence-electron chi connectivity index (χ1n) is 8.15. The average Bonchev–Trinajstić information content (AvgIpc) is 2.54. The number of pyridine rings is 1. The van der Waals surface area contributed by atoms with E-state index in [4.69, 9.17) is 17.3 Å². The van der Waals surface area contributed by atoms with Crippen molar-refractivity contribution in [2.75, 3.05) is 24.2 Å². The predicted molar refractivity (Wildman–Crippen MR) is 107 cm³/mol. The second kappa shape index (κ2) is 7.09. The van der Waals surface area contributed by atoms with Gasteiger partial charge in [-0.1, -0.05) is 11.6 Å². The lowest BCUT2D eigenvalue weighted by Crippen LogP contribution is -2.35. The van der Waals surface area contributed by atoms with Crippen LogP contribution in [0.2, 0.25) is 5.02 Å². The van der Waals surface area contributed by atoms with E-state index in [-0.39, 0.29) is 6.04 Å². The number of piperidine rings is 1. The number of rotatable bonds is 3. The summed E-state index contributed by atoms with van der Waals surface area (Å²) in [4.78, 5) is 6.79. The van der Waals surface area contributed by atoms with Crippen LogP contribution in [0.1, 0.15) is 31.4 Å². The Labute approximate surface area is 154 Å². The molecule has 2 heterocycles. The Morgan fingerprint density at radius 1 is 1.36 bits per heavy atom. The topological polar surface area (TPSA) is 95.0 Å². The van der Waals surface area contributed by atoms with Crippen LogP contribution in [-0.2, 0) is 0 Å². The number of hydrogen-bond donors (Lipinski definition) is 3. The third-order valence-corrected chi connectivity index (χ3v) is 5.21. The third kappa shape index (κ3) is 4.07. The zero-order valence-corrected chi connectivity index (χ0v) is 15.9. The summed E-state index contributed by atoms with van der Waals surface area (Å²) in [5.74, 6) is 0. The van der Waals surface area contributed by atoms with E-state index in [9.17, 15) is 9.11 Å². The summed E-state index contributed by atoms with van der Waals surface area (Å²) in [6.45, 7) is 3.38. The van der Waals surface area contributed by atoms with Crippen molar-refractivity contribution in [3.63, 3.8) is 0 Å². The van der Waals surface area contributed by atoms with E-state index in [2.05, 4.69) is 14.3 Å². The van der Waals surface area contributed by atoms with E-state index in [1.54, 1.807) is 6.20 Å². The molecule has 0 amide bonds. The van der Waals surface area contributed by atoms with Crippen LogP contribution >= 0.6 is 22.4 Å². The van der Waals surface area contributed by atoms with Crippen LogP contribution in [0.3, 0.4) is 0 Å². The summed E-state index contributed by atoms with van der Waals surface area (Å²) in [5, 5.41) is 1.56. The number of benzene rings is 1. The Balaban J connectivity index is 2.00. The fraction of sp³-hybridized carbons (Fsp3) is 0.412. The highest BCUT2D eigenvalue weighted by Gasteiger charge is 2.24. The smallest absolute Gasteiger partial charge is 0.0953 e. The van der Waals surface area contributed by atoms with Crippen LogP contribution in [0.4, 0.5) is 5.69 Å². The Kier molecular flexibility index (Phi) is 5.22. The van der Waals surface area contributed by atoms with Crippen LogP contribution in [0.25, 0.3) is 10.9 Å². The van der Waals surface area contributed by atoms with Crippen LogP contribution in [0, 0.1) is 0 Å². The maximum absolute atomic E-state index is 9.54. The van der Waals surface area contributed by atoms with Crippen molar-refractivity contribution in [1.29, 1.82) is 0 Å². The number of anilines is 1. The first-order valence-corrected chi connectivity index (χ1v) is 10.4. The highest BCUT2D eigenvalue weighted by Crippen LogP contribution is 2.39. The normalized spacial score (nSPS) is 17.7. The molecule has 0 radical (unpaired) electrons. The molecule has 1 unspecified atom stereocenters. The SMILES string of the molecule is CC(N)c1cc(Cl)c2cccnc2c1N1CCC(=NS(C)(O)O)CC1. The largest absolute Gasteiger partial charge is 0.369 e. The van der Waals surface area contributed by atoms with Gasteiger partial charge in [0, 0.05) is 55.5 Å². The second-order valence-electron chi connectivity index (χ2n) is 6.42. The molecule has 1 fully saturated rings. The molecule has 2 aromatic rings. The van der Waals surface area contributed by atoms with Crippen molar-refractivity contribution >= 4 is 44.7 Å². The monoisotopic (exact) mass is 382 g/mol. The van der Waals surface area contributed by atoms with Gasteiger partial charge in [0.25, 0.3) is 0 Å². The quantitative estimate of drug-likeness (QED) is 0.737. The van der Waals surface area contributed by atoms with Gasteiger partial charge < -0.3 is 10.6 Å². The van der Waals surface area contributed by atoms with E-state index in [0.717, 1.165) is 41.0 Å². The Morgan fingerprint density at radius 2 is 2.04 bits per heavy atom. The molecule has 1 aromatic heterocycles. The molecule has 25 heavy (non-hydrogen) atoms. The molecule has 1 aliphatic heterocycles. The number of fused-ring (bicyclic) bond motifs is 1. The number of halogens is 1. The fourth-order valence-electron chi connectivity index (χ4n) is 3.21. The lowest BCUT2D eigenvalue weighted by atomic mass is 9.99. The minimum Gasteiger partial charge on any atom is -0.369 e. The van der Waals surface area contributed by atoms with Gasteiger partial charge in [-0.25, -0.2) is 0 Å². The average molecular weight is 383 g/mol. The van der Waals surface area contributed by atoms with Gasteiger partial charge in [-0.3, -0.25) is 14.1 Å². The maximum Gasteiger partial charge on any atom is 0.0953 e. The van der Waals surface area contributed by atoms with E-state index >= 15 is 0 Å². The maximum atomic E-state index is 9.54. The summed E-state index contributed by atoms with van der Waals surface area (Å²) in [6.07, 6.45) is 4.46. The molecule has 136 valence electrons. The van der Waals surface area contributed by atoms with Crippen molar-refractivity contribution in [2.24, 2.45) is 10.1 Å². The summed E-state index contributed by atoms with van der Waals surface area (Å²) in [7, 11) is -2.85. The molecular formula is C17H23ClN4O2S. The van der Waals surface area contributed by atoms with Gasteiger partial charge in [-0.15, -0.1) is 10.8 Å². The highest BCUT2D eigenvalue weighted by atomic mass is 35.5. The molecule has 8 heteroatoms. The summed E-state index contributed by atoms with van der Waals surface area (Å²) < 4.78 is 23.1. The van der Waals surface area contributed by atoms with Gasteiger partial charge in [0.2, 0.25) is 0 Å². The fourth-order valence-corrected chi connectivity index (χ4v) is 4.15. The zero-order chi connectivity index (χ0) is 18.2. The Hall–Kier alpha value is -1.38. The van der Waals surface area contributed by atoms with Crippen molar-refractivity contribution < 1.29 is 9.11 Å². The van der Waals surface area contributed by atoms with Crippen molar-refractivity contribution in [3.8, 4) is 0 Å². The van der Waals surface area contributed by atoms with Crippen LogP contribution in [0.5, 0.6) is 0 Å². The summed E-state index contributed by atoms with van der Waals surface area (Å²) in [5.41, 5.74) is 9.86. The predicted octanol–water partition coefficient (Wildman–Crippen LogP) is 4.24. The molecule has 0 spiro atoms. The van der Waals surface area contributed by atoms with Gasteiger partial charge in [-0.05, 0) is 30.7 Å². The van der Waals surface area contributed by atoms with Gasteiger partial charge in [0.1, 0.15) is 0 Å². The van der Waals surface area contributed by atoms with Crippen molar-refractivity contribution in [1.82, 2.24) is 4.98 Å². The first-order chi connectivity index (χ1) is 11.8. The second-order valence-corrected chi connectivity index (χ2v) is 8.60. The van der Waals surface area contributed by atoms with Gasteiger partial charge in [0.15, 0.2) is 0 Å². The van der Waals surface area contributed by atoms with E-state index in [1.165, 1.54) is 6.26 Å². The molecule has 1 atom stereocenters. The Bertz CT molecular complexity index is 810. The molecule has 1 saturated heterocycles. The van der Waals surface area contributed by atoms with Crippen LogP contribution in [0.15, 0.2) is 28.8 Å². The van der Waals surface area contributed by atoms with E-state index in [1.807, 2.05) is 25.1 Å². The standard InChI is InChI=1S/C17H23ClN4O2S/c1-11(19)14-10-15(18)13-4-3-7-20-16(13)17(14)22-8-5-12(6-9-22)21-25(2,23)24/h3-4,7,10-11,23-24H,5-6,8-9,19H2,1-2H3. The summed E-state index contributed by atoms with van der Waals surface area (Å²) in [6, 6.07) is 5.59. The molecule has 1 aliphatic rings. The number of hydrogen-bond acceptors (Lipinski definition) is 6. The highest BCUT2D eigenvalue weighted by molar-refractivity contribution is 8.22. The third-order valence-electron chi connectivity index (χ3n) is 4.29. The van der Waals surface area contributed by atoms with E-state index < -0.39 is 10.8 Å². The lowest BCUT2D eigenvalue weighted by Gasteiger charge is -2.34. The van der Waals surface area contributed by atoms with Gasteiger partial charge >= 0.3 is 0 Å². The molecule has 4 N–H and O–H groups in total.